The molecular weight excluding hydrogens is 254 g/mol. The lowest BCUT2D eigenvalue weighted by Gasteiger charge is -2.35. The van der Waals surface area contributed by atoms with Crippen LogP contribution in [-0.2, 0) is 12.0 Å². The van der Waals surface area contributed by atoms with Crippen LogP contribution in [0.2, 0.25) is 0 Å². The highest BCUT2D eigenvalue weighted by molar-refractivity contribution is 7.99. The van der Waals surface area contributed by atoms with Gasteiger partial charge in [0.2, 0.25) is 0 Å². The molecule has 2 nitrogen and oxygen atoms in total. The molecule has 0 aromatic heterocycles. The van der Waals surface area contributed by atoms with E-state index in [0.717, 1.165) is 31.2 Å². The van der Waals surface area contributed by atoms with Gasteiger partial charge in [0.25, 0.3) is 0 Å². The molecule has 0 amide bonds. The molecule has 106 valence electrons. The summed E-state index contributed by atoms with van der Waals surface area (Å²) in [5.41, 5.74) is 1.72. The van der Waals surface area contributed by atoms with E-state index >= 15 is 0 Å². The molecule has 19 heavy (non-hydrogen) atoms. The lowest BCUT2D eigenvalue weighted by Crippen LogP contribution is -2.45. The van der Waals surface area contributed by atoms with Gasteiger partial charge in [-0.2, -0.15) is 0 Å². The maximum atomic E-state index is 11.1. The minimum absolute atomic E-state index is 0.0613. The third-order valence-corrected chi connectivity index (χ3v) is 5.37. The second kappa shape index (κ2) is 6.29. The summed E-state index contributed by atoms with van der Waals surface area (Å²) in [4.78, 5) is 1.39. The minimum atomic E-state index is -0.757. The van der Waals surface area contributed by atoms with Crippen molar-refractivity contribution >= 4 is 11.8 Å². The Morgan fingerprint density at radius 1 is 1.47 bits per heavy atom. The Labute approximate surface area is 121 Å². The average molecular weight is 279 g/mol. The fraction of sp³-hybridized carbons (Fsp3) is 0.625. The standard InChI is InChI=1S/C16H25NOS/c1-4-5-9-16(18,12(2)17-3)14-6-7-15-13(11-14)8-10-19-15/h6-7,11-12,17-18H,4-5,8-10H2,1-3H3. The maximum absolute atomic E-state index is 11.1. The summed E-state index contributed by atoms with van der Waals surface area (Å²) in [6.45, 7) is 4.24. The zero-order valence-corrected chi connectivity index (χ0v) is 13.0. The molecule has 2 rings (SSSR count). The van der Waals surface area contributed by atoms with Crippen molar-refractivity contribution in [2.75, 3.05) is 12.8 Å². The van der Waals surface area contributed by atoms with Crippen LogP contribution in [-0.4, -0.2) is 23.9 Å². The lowest BCUT2D eigenvalue weighted by atomic mass is 9.82. The molecule has 1 aromatic carbocycles. The molecule has 0 fully saturated rings. The van der Waals surface area contributed by atoms with Crippen LogP contribution in [0, 0.1) is 0 Å². The highest BCUT2D eigenvalue weighted by Gasteiger charge is 2.34. The molecule has 1 aromatic rings. The molecular formula is C16H25NOS. The van der Waals surface area contributed by atoms with E-state index in [4.69, 9.17) is 0 Å². The van der Waals surface area contributed by atoms with Gasteiger partial charge < -0.3 is 10.4 Å². The number of aryl methyl sites for hydroxylation is 1. The van der Waals surface area contributed by atoms with E-state index in [0.29, 0.717) is 0 Å². The van der Waals surface area contributed by atoms with Crippen LogP contribution in [0.25, 0.3) is 0 Å². The SMILES string of the molecule is CCCCC(O)(c1ccc2c(c1)CCS2)C(C)NC. The molecule has 0 spiro atoms. The summed E-state index contributed by atoms with van der Waals surface area (Å²) in [6, 6.07) is 6.58. The first-order valence-electron chi connectivity index (χ1n) is 7.27. The zero-order chi connectivity index (χ0) is 13.9. The Hall–Kier alpha value is -0.510. The summed E-state index contributed by atoms with van der Waals surface area (Å²) < 4.78 is 0. The molecule has 0 bridgehead atoms. The smallest absolute Gasteiger partial charge is 0.105 e. The Morgan fingerprint density at radius 2 is 2.26 bits per heavy atom. The number of unbranched alkanes of at least 4 members (excludes halogenated alkanes) is 1. The zero-order valence-electron chi connectivity index (χ0n) is 12.2. The van der Waals surface area contributed by atoms with E-state index in [1.165, 1.54) is 16.2 Å². The molecule has 3 heteroatoms. The first-order chi connectivity index (χ1) is 9.11. The van der Waals surface area contributed by atoms with Crippen molar-refractivity contribution in [3.8, 4) is 0 Å². The normalized spacial score (nSPS) is 18.9. The quantitative estimate of drug-likeness (QED) is 0.838. The van der Waals surface area contributed by atoms with Gasteiger partial charge >= 0.3 is 0 Å². The van der Waals surface area contributed by atoms with Crippen molar-refractivity contribution in [2.45, 2.75) is 56.1 Å². The summed E-state index contributed by atoms with van der Waals surface area (Å²) >= 11 is 1.92. The average Bonchev–Trinajstić information content (AvgIpc) is 2.91. The van der Waals surface area contributed by atoms with Crippen LogP contribution in [0.5, 0.6) is 0 Å². The summed E-state index contributed by atoms with van der Waals surface area (Å²) in [5, 5.41) is 14.4. The molecule has 1 aliphatic heterocycles. The van der Waals surface area contributed by atoms with E-state index in [1.54, 1.807) is 0 Å². The Bertz CT molecular complexity index is 435. The largest absolute Gasteiger partial charge is 0.384 e. The Balaban J connectivity index is 2.32. The van der Waals surface area contributed by atoms with Crippen LogP contribution < -0.4 is 5.32 Å². The van der Waals surface area contributed by atoms with E-state index < -0.39 is 5.60 Å². The Kier molecular flexibility index (Phi) is 4.93. The van der Waals surface area contributed by atoms with Gasteiger partial charge in [0.05, 0.1) is 0 Å². The predicted octanol–water partition coefficient (Wildman–Crippen LogP) is 3.32. The van der Waals surface area contributed by atoms with Gasteiger partial charge in [-0.05, 0) is 44.0 Å². The van der Waals surface area contributed by atoms with Gasteiger partial charge in [-0.1, -0.05) is 31.9 Å². The van der Waals surface area contributed by atoms with Gasteiger partial charge in [-0.3, -0.25) is 0 Å². The highest BCUT2D eigenvalue weighted by atomic mass is 32.2. The van der Waals surface area contributed by atoms with Gasteiger partial charge in [0, 0.05) is 16.7 Å². The van der Waals surface area contributed by atoms with Gasteiger partial charge in [0.1, 0.15) is 5.60 Å². The molecule has 0 saturated carbocycles. The summed E-state index contributed by atoms with van der Waals surface area (Å²) in [6.07, 6.45) is 4.11. The molecule has 0 radical (unpaired) electrons. The molecule has 2 atom stereocenters. The maximum Gasteiger partial charge on any atom is 0.105 e. The second-order valence-electron chi connectivity index (χ2n) is 5.46. The number of hydrogen-bond donors (Lipinski definition) is 2. The fourth-order valence-electron chi connectivity index (χ4n) is 2.75. The fourth-order valence-corrected chi connectivity index (χ4v) is 3.80. The van der Waals surface area contributed by atoms with E-state index in [-0.39, 0.29) is 6.04 Å². The van der Waals surface area contributed by atoms with Crippen molar-refractivity contribution in [3.05, 3.63) is 29.3 Å². The van der Waals surface area contributed by atoms with Gasteiger partial charge in [-0.15, -0.1) is 11.8 Å². The van der Waals surface area contributed by atoms with Crippen LogP contribution in [0.3, 0.4) is 0 Å². The number of fused-ring (bicyclic) bond motifs is 1. The Morgan fingerprint density at radius 3 is 2.95 bits per heavy atom. The number of hydrogen-bond acceptors (Lipinski definition) is 3. The van der Waals surface area contributed by atoms with Crippen molar-refractivity contribution < 1.29 is 5.11 Å². The van der Waals surface area contributed by atoms with Gasteiger partial charge in [-0.25, -0.2) is 0 Å². The van der Waals surface area contributed by atoms with E-state index in [9.17, 15) is 5.11 Å². The highest BCUT2D eigenvalue weighted by Crippen LogP contribution is 2.37. The predicted molar refractivity (Wildman–Crippen MR) is 82.8 cm³/mol. The van der Waals surface area contributed by atoms with E-state index in [2.05, 4.69) is 37.4 Å². The topological polar surface area (TPSA) is 32.3 Å². The summed E-state index contributed by atoms with van der Waals surface area (Å²) in [7, 11) is 1.92. The third kappa shape index (κ3) is 2.99. The number of benzene rings is 1. The number of nitrogens with one attached hydrogen (secondary N) is 1. The lowest BCUT2D eigenvalue weighted by molar-refractivity contribution is -0.00555. The molecule has 0 saturated heterocycles. The number of aliphatic hydroxyl groups is 1. The molecule has 1 aliphatic rings. The number of likely N-dealkylation sites (N-methyl/N-ethyl adjacent to an activating group) is 1. The number of rotatable bonds is 6. The summed E-state index contributed by atoms with van der Waals surface area (Å²) in [5.74, 6) is 1.17. The third-order valence-electron chi connectivity index (χ3n) is 4.25. The monoisotopic (exact) mass is 279 g/mol. The molecule has 2 unspecified atom stereocenters. The van der Waals surface area contributed by atoms with Crippen molar-refractivity contribution in [1.29, 1.82) is 0 Å². The second-order valence-corrected chi connectivity index (χ2v) is 6.60. The first kappa shape index (κ1) is 14.9. The molecule has 1 heterocycles. The molecule has 2 N–H and O–H groups in total. The first-order valence-corrected chi connectivity index (χ1v) is 8.26. The van der Waals surface area contributed by atoms with Crippen LogP contribution >= 0.6 is 11.8 Å². The van der Waals surface area contributed by atoms with Crippen LogP contribution in [0.4, 0.5) is 0 Å². The van der Waals surface area contributed by atoms with Crippen LogP contribution in [0.15, 0.2) is 23.1 Å². The van der Waals surface area contributed by atoms with Crippen molar-refractivity contribution in [1.82, 2.24) is 5.32 Å². The van der Waals surface area contributed by atoms with E-state index in [1.807, 2.05) is 18.8 Å². The van der Waals surface area contributed by atoms with Crippen LogP contribution in [0.1, 0.15) is 44.2 Å². The number of thioether (sulfide) groups is 1. The van der Waals surface area contributed by atoms with Crippen molar-refractivity contribution in [2.24, 2.45) is 0 Å². The minimum Gasteiger partial charge on any atom is -0.384 e. The molecule has 0 aliphatic carbocycles. The van der Waals surface area contributed by atoms with Crippen molar-refractivity contribution in [3.63, 3.8) is 0 Å². The van der Waals surface area contributed by atoms with Gasteiger partial charge in [0.15, 0.2) is 0 Å².